The number of alkyl halides is 3. The normalized spacial score (nSPS) is 11.4. The molecular weight excluding hydrogens is 409 g/mol. The van der Waals surface area contributed by atoms with E-state index in [1.165, 1.54) is 30.3 Å². The highest BCUT2D eigenvalue weighted by molar-refractivity contribution is 5.83. The van der Waals surface area contributed by atoms with E-state index in [9.17, 15) is 23.3 Å². The summed E-state index contributed by atoms with van der Waals surface area (Å²) in [7, 11) is 0. The van der Waals surface area contributed by atoms with E-state index in [4.69, 9.17) is 5.26 Å². The zero-order chi connectivity index (χ0) is 22.2. The van der Waals surface area contributed by atoms with Crippen molar-refractivity contribution in [1.82, 2.24) is 9.55 Å². The van der Waals surface area contributed by atoms with Crippen LogP contribution in [0.3, 0.4) is 0 Å². The minimum absolute atomic E-state index is 0.140. The van der Waals surface area contributed by atoms with Gasteiger partial charge in [-0.15, -0.1) is 0 Å². The monoisotopic (exact) mass is 422 g/mol. The number of hydrogen-bond acceptors (Lipinski definition) is 4. The Labute approximate surface area is 174 Å². The summed E-state index contributed by atoms with van der Waals surface area (Å²) in [5, 5.41) is 19.8. The quantitative estimate of drug-likeness (QED) is 0.319. The third kappa shape index (κ3) is 3.96. The number of aromatic nitrogens is 2. The van der Waals surface area contributed by atoms with E-state index in [1.54, 1.807) is 36.4 Å². The Hall–Kier alpha value is -4.19. The molecule has 0 amide bonds. The van der Waals surface area contributed by atoms with Crippen molar-refractivity contribution >= 4 is 16.7 Å². The highest BCUT2D eigenvalue weighted by Gasteiger charge is 2.37. The van der Waals surface area contributed by atoms with Crippen LogP contribution in [-0.4, -0.2) is 14.5 Å². The van der Waals surface area contributed by atoms with Crippen molar-refractivity contribution in [2.45, 2.75) is 12.7 Å². The second-order valence-electron chi connectivity index (χ2n) is 6.84. The topological polar surface area (TPSA) is 84.8 Å². The number of benzene rings is 3. The lowest BCUT2D eigenvalue weighted by atomic mass is 10.0. The average molecular weight is 422 g/mol. The molecule has 0 aliphatic heterocycles. The molecule has 0 fully saturated rings. The maximum atomic E-state index is 13.7. The van der Waals surface area contributed by atoms with Gasteiger partial charge in [0, 0.05) is 18.7 Å². The smallest absolute Gasteiger partial charge is 0.316 e. The van der Waals surface area contributed by atoms with Crippen LogP contribution in [0.25, 0.3) is 22.2 Å². The summed E-state index contributed by atoms with van der Waals surface area (Å²) in [5.41, 5.74) is 2.71. The summed E-state index contributed by atoms with van der Waals surface area (Å²) in [6, 6.07) is 18.9. The van der Waals surface area contributed by atoms with E-state index in [-0.39, 0.29) is 23.3 Å². The minimum atomic E-state index is -4.67. The van der Waals surface area contributed by atoms with Crippen molar-refractivity contribution in [3.63, 3.8) is 0 Å². The Bertz CT molecular complexity index is 1320. The third-order valence-corrected chi connectivity index (χ3v) is 4.84. The van der Waals surface area contributed by atoms with Crippen molar-refractivity contribution in [3.05, 3.63) is 93.8 Å². The van der Waals surface area contributed by atoms with Gasteiger partial charge in [-0.05, 0) is 41.0 Å². The number of nitrogens with zero attached hydrogens (tertiary/aromatic N) is 4. The van der Waals surface area contributed by atoms with Crippen molar-refractivity contribution in [2.24, 2.45) is 0 Å². The van der Waals surface area contributed by atoms with E-state index >= 15 is 0 Å². The van der Waals surface area contributed by atoms with Crippen LogP contribution in [0.4, 0.5) is 18.9 Å². The number of fused-ring (bicyclic) bond motifs is 1. The molecule has 0 unspecified atom stereocenters. The first-order valence-corrected chi connectivity index (χ1v) is 9.07. The molecule has 9 heteroatoms. The van der Waals surface area contributed by atoms with Gasteiger partial charge in [-0.25, -0.2) is 4.98 Å². The number of rotatable bonds is 4. The average Bonchev–Trinajstić information content (AvgIpc) is 3.12. The van der Waals surface area contributed by atoms with Gasteiger partial charge >= 0.3 is 6.18 Å². The second kappa shape index (κ2) is 7.57. The maximum absolute atomic E-state index is 13.7. The van der Waals surface area contributed by atoms with Gasteiger partial charge in [-0.2, -0.15) is 18.4 Å². The molecule has 0 N–H and O–H groups in total. The maximum Gasteiger partial charge on any atom is 0.449 e. The fourth-order valence-corrected chi connectivity index (χ4v) is 3.32. The molecular formula is C22H13F3N4O2. The summed E-state index contributed by atoms with van der Waals surface area (Å²) >= 11 is 0. The number of nitro benzene ring substituents is 1. The SMILES string of the molecule is N#Cc1ccc(-c2ccc3nc(C(F)(F)F)n(Cc4ccc([N+](=O)[O-])cc4)c3c2)cc1. The van der Waals surface area contributed by atoms with Crippen molar-refractivity contribution < 1.29 is 18.1 Å². The molecule has 0 saturated heterocycles. The molecule has 31 heavy (non-hydrogen) atoms. The van der Waals surface area contributed by atoms with Crippen LogP contribution in [0.15, 0.2) is 66.7 Å². The molecule has 0 aliphatic rings. The van der Waals surface area contributed by atoms with Gasteiger partial charge < -0.3 is 4.57 Å². The molecule has 4 rings (SSSR count). The van der Waals surface area contributed by atoms with E-state index < -0.39 is 16.9 Å². The van der Waals surface area contributed by atoms with Crippen LogP contribution in [0.1, 0.15) is 17.0 Å². The van der Waals surface area contributed by atoms with Gasteiger partial charge in [0.25, 0.3) is 5.69 Å². The molecule has 0 radical (unpaired) electrons. The lowest BCUT2D eigenvalue weighted by Gasteiger charge is -2.12. The standard InChI is InChI=1S/C22H13F3N4O2/c23-22(24,25)21-27-19-10-7-17(16-5-1-14(12-26)2-6-16)11-20(19)28(21)13-15-3-8-18(9-4-15)29(30)31/h1-11H,13H2. The zero-order valence-corrected chi connectivity index (χ0v) is 15.8. The summed E-state index contributed by atoms with van der Waals surface area (Å²) < 4.78 is 42.0. The molecule has 0 bridgehead atoms. The fraction of sp³-hybridized carbons (Fsp3) is 0.0909. The first kappa shape index (κ1) is 20.1. The van der Waals surface area contributed by atoms with E-state index in [2.05, 4.69) is 4.98 Å². The Morgan fingerprint density at radius 1 is 1.00 bits per heavy atom. The molecule has 3 aromatic carbocycles. The Morgan fingerprint density at radius 3 is 2.23 bits per heavy atom. The molecule has 1 aromatic heterocycles. The molecule has 154 valence electrons. The summed E-state index contributed by atoms with van der Waals surface area (Å²) in [6.45, 7) is -0.153. The Morgan fingerprint density at radius 2 is 1.65 bits per heavy atom. The van der Waals surface area contributed by atoms with Crippen molar-refractivity contribution in [1.29, 1.82) is 5.26 Å². The van der Waals surface area contributed by atoms with E-state index in [0.717, 1.165) is 10.1 Å². The van der Waals surface area contributed by atoms with Crippen LogP contribution in [-0.2, 0) is 12.7 Å². The van der Waals surface area contributed by atoms with E-state index in [0.29, 0.717) is 16.7 Å². The number of nitriles is 1. The van der Waals surface area contributed by atoms with Gasteiger partial charge in [0.05, 0.1) is 27.6 Å². The molecule has 6 nitrogen and oxygen atoms in total. The zero-order valence-electron chi connectivity index (χ0n) is 15.8. The van der Waals surface area contributed by atoms with Crippen LogP contribution >= 0.6 is 0 Å². The molecule has 0 aliphatic carbocycles. The first-order valence-electron chi connectivity index (χ1n) is 9.07. The number of non-ortho nitro benzene ring substituents is 1. The van der Waals surface area contributed by atoms with Gasteiger partial charge in [-0.3, -0.25) is 10.1 Å². The van der Waals surface area contributed by atoms with Crippen LogP contribution in [0.5, 0.6) is 0 Å². The molecule has 1 heterocycles. The van der Waals surface area contributed by atoms with Gasteiger partial charge in [0.2, 0.25) is 5.82 Å². The lowest BCUT2D eigenvalue weighted by Crippen LogP contribution is -2.15. The molecule has 0 spiro atoms. The van der Waals surface area contributed by atoms with Gasteiger partial charge in [0.1, 0.15) is 0 Å². The van der Waals surface area contributed by atoms with Gasteiger partial charge in [0.15, 0.2) is 0 Å². The summed E-state index contributed by atoms with van der Waals surface area (Å²) in [6.07, 6.45) is -4.67. The van der Waals surface area contributed by atoms with Crippen LogP contribution in [0, 0.1) is 21.4 Å². The van der Waals surface area contributed by atoms with Gasteiger partial charge in [-0.1, -0.05) is 30.3 Å². The summed E-state index contributed by atoms with van der Waals surface area (Å²) in [4.78, 5) is 14.0. The first-order chi connectivity index (χ1) is 14.8. The fourth-order valence-electron chi connectivity index (χ4n) is 3.32. The highest BCUT2D eigenvalue weighted by Crippen LogP contribution is 2.34. The van der Waals surface area contributed by atoms with Crippen molar-refractivity contribution in [3.8, 4) is 17.2 Å². The van der Waals surface area contributed by atoms with E-state index in [1.807, 2.05) is 6.07 Å². The highest BCUT2D eigenvalue weighted by atomic mass is 19.4. The largest absolute Gasteiger partial charge is 0.449 e. The number of hydrogen-bond donors (Lipinski definition) is 0. The molecule has 0 saturated carbocycles. The predicted molar refractivity (Wildman–Crippen MR) is 107 cm³/mol. The summed E-state index contributed by atoms with van der Waals surface area (Å²) in [5.74, 6) is -1.04. The van der Waals surface area contributed by atoms with Crippen molar-refractivity contribution in [2.75, 3.05) is 0 Å². The predicted octanol–water partition coefficient (Wildman–Crippen LogP) is 5.55. The molecule has 4 aromatic rings. The Kier molecular flexibility index (Phi) is 4.91. The number of imidazole rings is 1. The Balaban J connectivity index is 1.82. The minimum Gasteiger partial charge on any atom is -0.316 e. The third-order valence-electron chi connectivity index (χ3n) is 4.84. The van der Waals surface area contributed by atoms with Crippen LogP contribution < -0.4 is 0 Å². The number of nitro groups is 1. The number of halogens is 3. The second-order valence-corrected chi connectivity index (χ2v) is 6.84. The lowest BCUT2D eigenvalue weighted by molar-refractivity contribution is -0.384. The molecule has 0 atom stereocenters. The van der Waals surface area contributed by atoms with Crippen LogP contribution in [0.2, 0.25) is 0 Å².